The van der Waals surface area contributed by atoms with Gasteiger partial charge in [0.05, 0.1) is 29.2 Å². The summed E-state index contributed by atoms with van der Waals surface area (Å²) in [4.78, 5) is 17.3. The number of amides is 1. The zero-order valence-corrected chi connectivity index (χ0v) is 25.1. The summed E-state index contributed by atoms with van der Waals surface area (Å²) in [5.41, 5.74) is 3.51. The summed E-state index contributed by atoms with van der Waals surface area (Å²) in [6.45, 7) is 0.278. The minimum Gasteiger partial charge on any atom is -0.482 e. The number of carbonyl (C=O) groups is 1. The number of halogens is 4. The predicted molar refractivity (Wildman–Crippen MR) is 169 cm³/mol. The molecule has 0 fully saturated rings. The Morgan fingerprint density at radius 1 is 0.977 bits per heavy atom. The molecule has 1 aliphatic heterocycles. The Bertz CT molecular complexity index is 1940. The van der Waals surface area contributed by atoms with Gasteiger partial charge in [0, 0.05) is 38.7 Å². The van der Waals surface area contributed by atoms with E-state index in [0.29, 0.717) is 54.9 Å². The number of carbonyl (C=O) groups excluding carboxylic acids is 1. The minimum atomic E-state index is -0.314. The Kier molecular flexibility index (Phi) is 8.49. The number of rotatable bonds is 7. The van der Waals surface area contributed by atoms with Crippen LogP contribution in [0.4, 0.5) is 10.1 Å². The molecule has 0 radical (unpaired) electrons. The molecular weight excluding hydrogens is 634 g/mol. The summed E-state index contributed by atoms with van der Waals surface area (Å²) >= 11 is 20.2. The number of thiazole rings is 1. The molecule has 43 heavy (non-hydrogen) atoms. The van der Waals surface area contributed by atoms with Crippen LogP contribution < -0.4 is 19.6 Å². The normalized spacial score (nSPS) is 13.1. The zero-order valence-electron chi connectivity index (χ0n) is 22.1. The average Bonchev–Trinajstić information content (AvgIpc) is 3.40. The van der Waals surface area contributed by atoms with Gasteiger partial charge < -0.3 is 14.8 Å². The Morgan fingerprint density at radius 2 is 1.74 bits per heavy atom. The first-order chi connectivity index (χ1) is 20.8. The fourth-order valence-corrected chi connectivity index (χ4v) is 5.52. The molecule has 6 rings (SSSR count). The number of nitrogens with one attached hydrogen (secondary N) is 1. The van der Waals surface area contributed by atoms with Crippen molar-refractivity contribution < 1.29 is 18.7 Å². The first-order valence-corrected chi connectivity index (χ1v) is 14.8. The summed E-state index contributed by atoms with van der Waals surface area (Å²) in [7, 11) is 0. The van der Waals surface area contributed by atoms with Gasteiger partial charge in [-0.25, -0.2) is 9.07 Å². The standard InChI is InChI=1S/C31H20Cl3FN4O3S/c32-21-5-3-20(28(12-21)42-29-13-22(33)6-9-24(29)34)15-37-39-26(19-4-10-27-25(11-19)38-30(40)16-41-27)17-43-31(39)36-14-18-1-7-23(35)8-2-18/h1-13,15,17H,14,16H2,(H,38,40)/b36-31?,37-15+. The summed E-state index contributed by atoms with van der Waals surface area (Å²) < 4.78 is 26.7. The van der Waals surface area contributed by atoms with E-state index in [9.17, 15) is 9.18 Å². The van der Waals surface area contributed by atoms with Crippen molar-refractivity contribution in [3.8, 4) is 28.5 Å². The van der Waals surface area contributed by atoms with E-state index in [1.807, 2.05) is 17.5 Å². The molecule has 0 aliphatic carbocycles. The highest BCUT2D eigenvalue weighted by Crippen LogP contribution is 2.35. The van der Waals surface area contributed by atoms with E-state index < -0.39 is 0 Å². The molecule has 216 valence electrons. The number of nitrogens with zero attached hydrogens (tertiary/aromatic N) is 3. The van der Waals surface area contributed by atoms with E-state index in [-0.39, 0.29) is 18.3 Å². The van der Waals surface area contributed by atoms with Crippen molar-refractivity contribution >= 4 is 63.9 Å². The van der Waals surface area contributed by atoms with Crippen LogP contribution in [-0.4, -0.2) is 23.4 Å². The molecule has 5 aromatic rings. The minimum absolute atomic E-state index is 0.0343. The first-order valence-electron chi connectivity index (χ1n) is 12.8. The van der Waals surface area contributed by atoms with Gasteiger partial charge in [0.2, 0.25) is 4.80 Å². The van der Waals surface area contributed by atoms with Gasteiger partial charge in [-0.05, 0) is 60.2 Å². The van der Waals surface area contributed by atoms with E-state index in [0.717, 1.165) is 16.8 Å². The van der Waals surface area contributed by atoms with Crippen molar-refractivity contribution in [3.63, 3.8) is 0 Å². The van der Waals surface area contributed by atoms with Gasteiger partial charge in [-0.15, -0.1) is 11.3 Å². The zero-order chi connectivity index (χ0) is 29.9. The summed E-state index contributed by atoms with van der Waals surface area (Å²) in [6.07, 6.45) is 1.63. The summed E-state index contributed by atoms with van der Waals surface area (Å²) in [6, 6.07) is 21.7. The van der Waals surface area contributed by atoms with Crippen molar-refractivity contribution in [2.24, 2.45) is 10.1 Å². The summed E-state index contributed by atoms with van der Waals surface area (Å²) in [5, 5.41) is 10.8. The monoisotopic (exact) mass is 652 g/mol. The fraction of sp³-hybridized carbons (Fsp3) is 0.0645. The van der Waals surface area contributed by atoms with E-state index in [4.69, 9.17) is 54.4 Å². The lowest BCUT2D eigenvalue weighted by Crippen LogP contribution is -2.25. The molecule has 1 amide bonds. The van der Waals surface area contributed by atoms with Gasteiger partial charge >= 0.3 is 0 Å². The Labute approximate surface area is 264 Å². The maximum atomic E-state index is 13.4. The summed E-state index contributed by atoms with van der Waals surface area (Å²) in [5.74, 6) is 0.813. The Morgan fingerprint density at radius 3 is 2.56 bits per heavy atom. The quantitative estimate of drug-likeness (QED) is 0.179. The molecule has 0 saturated carbocycles. The average molecular weight is 654 g/mol. The van der Waals surface area contributed by atoms with Gasteiger partial charge in [-0.1, -0.05) is 46.9 Å². The molecule has 0 atom stereocenters. The maximum absolute atomic E-state index is 13.4. The van der Waals surface area contributed by atoms with Crippen LogP contribution in [0.5, 0.6) is 17.2 Å². The molecule has 0 unspecified atom stereocenters. The highest BCUT2D eigenvalue weighted by molar-refractivity contribution is 7.07. The molecule has 1 aromatic heterocycles. The molecule has 0 spiro atoms. The second kappa shape index (κ2) is 12.6. The fourth-order valence-electron chi connectivity index (χ4n) is 4.21. The third-order valence-electron chi connectivity index (χ3n) is 6.30. The molecule has 0 bridgehead atoms. The number of anilines is 1. The number of hydrogen-bond donors (Lipinski definition) is 1. The van der Waals surface area contributed by atoms with Crippen LogP contribution in [0.25, 0.3) is 11.3 Å². The number of aromatic nitrogens is 1. The number of ether oxygens (including phenoxy) is 2. The smallest absolute Gasteiger partial charge is 0.262 e. The molecular formula is C31H20Cl3FN4O3S. The van der Waals surface area contributed by atoms with Crippen LogP contribution in [0.2, 0.25) is 15.1 Å². The van der Waals surface area contributed by atoms with Crippen molar-refractivity contribution in [3.05, 3.63) is 121 Å². The van der Waals surface area contributed by atoms with E-state index >= 15 is 0 Å². The third kappa shape index (κ3) is 6.76. The second-order valence-electron chi connectivity index (χ2n) is 9.31. The Balaban J connectivity index is 1.41. The molecule has 4 aromatic carbocycles. The van der Waals surface area contributed by atoms with E-state index in [1.165, 1.54) is 23.5 Å². The van der Waals surface area contributed by atoms with Crippen LogP contribution in [0.1, 0.15) is 11.1 Å². The van der Waals surface area contributed by atoms with E-state index in [1.54, 1.807) is 65.5 Å². The van der Waals surface area contributed by atoms with E-state index in [2.05, 4.69) is 5.32 Å². The van der Waals surface area contributed by atoms with Gasteiger partial charge in [0.15, 0.2) is 6.61 Å². The van der Waals surface area contributed by atoms with Crippen LogP contribution in [0, 0.1) is 5.82 Å². The van der Waals surface area contributed by atoms with Gasteiger partial charge in [-0.3, -0.25) is 9.79 Å². The number of hydrogen-bond acceptors (Lipinski definition) is 6. The topological polar surface area (TPSA) is 77.2 Å². The molecule has 1 N–H and O–H groups in total. The lowest BCUT2D eigenvalue weighted by Gasteiger charge is -2.18. The second-order valence-corrected chi connectivity index (χ2v) is 11.4. The predicted octanol–water partition coefficient (Wildman–Crippen LogP) is 8.42. The lowest BCUT2D eigenvalue weighted by atomic mass is 10.1. The van der Waals surface area contributed by atoms with Crippen LogP contribution >= 0.6 is 46.1 Å². The van der Waals surface area contributed by atoms with Crippen LogP contribution in [0.3, 0.4) is 0 Å². The van der Waals surface area contributed by atoms with Crippen molar-refractivity contribution in [1.29, 1.82) is 0 Å². The van der Waals surface area contributed by atoms with Crippen molar-refractivity contribution in [1.82, 2.24) is 4.68 Å². The van der Waals surface area contributed by atoms with Gasteiger partial charge in [0.25, 0.3) is 5.91 Å². The maximum Gasteiger partial charge on any atom is 0.262 e. The molecule has 2 heterocycles. The van der Waals surface area contributed by atoms with Crippen molar-refractivity contribution in [2.45, 2.75) is 6.54 Å². The molecule has 1 aliphatic rings. The molecule has 0 saturated heterocycles. The number of fused-ring (bicyclic) bond motifs is 1. The highest BCUT2D eigenvalue weighted by Gasteiger charge is 2.18. The van der Waals surface area contributed by atoms with Crippen LogP contribution in [0.15, 0.2) is 94.3 Å². The highest BCUT2D eigenvalue weighted by atomic mass is 35.5. The lowest BCUT2D eigenvalue weighted by molar-refractivity contribution is -0.118. The van der Waals surface area contributed by atoms with Gasteiger partial charge in [-0.2, -0.15) is 5.10 Å². The largest absolute Gasteiger partial charge is 0.482 e. The SMILES string of the molecule is O=C1COc2ccc(-c3csc(=NCc4ccc(F)cc4)n3/N=C/c3ccc(Cl)cc3Oc3cc(Cl)ccc3Cl)cc2N1. The van der Waals surface area contributed by atoms with Gasteiger partial charge in [0.1, 0.15) is 23.1 Å². The molecule has 7 nitrogen and oxygen atoms in total. The molecule has 12 heteroatoms. The first kappa shape index (κ1) is 28.9. The number of benzene rings is 4. The van der Waals surface area contributed by atoms with Crippen LogP contribution in [-0.2, 0) is 11.3 Å². The van der Waals surface area contributed by atoms with Crippen molar-refractivity contribution in [2.75, 3.05) is 11.9 Å². The Hall–Kier alpha value is -4.15. The third-order valence-corrected chi connectivity index (χ3v) is 7.94.